The van der Waals surface area contributed by atoms with E-state index in [4.69, 9.17) is 11.6 Å². The summed E-state index contributed by atoms with van der Waals surface area (Å²) in [4.78, 5) is 1.10. The van der Waals surface area contributed by atoms with Crippen molar-refractivity contribution < 1.29 is 0 Å². The Labute approximate surface area is 105 Å². The minimum absolute atomic E-state index is 0.476. The predicted octanol–water partition coefficient (Wildman–Crippen LogP) is 4.24. The Morgan fingerprint density at radius 3 is 2.60 bits per heavy atom. The van der Waals surface area contributed by atoms with E-state index in [-0.39, 0.29) is 0 Å². The van der Waals surface area contributed by atoms with Crippen molar-refractivity contribution in [3.63, 3.8) is 0 Å². The van der Waals surface area contributed by atoms with Crippen LogP contribution in [0.2, 0.25) is 5.15 Å². The van der Waals surface area contributed by atoms with Crippen molar-refractivity contribution in [3.05, 3.63) is 32.2 Å². The van der Waals surface area contributed by atoms with Gasteiger partial charge in [0.1, 0.15) is 5.69 Å². The fourth-order valence-electron chi connectivity index (χ4n) is 1.25. The Morgan fingerprint density at radius 1 is 1.27 bits per heavy atom. The summed E-state index contributed by atoms with van der Waals surface area (Å²) in [6, 6.07) is 2.01. The SMILES string of the molecule is Cc1c(Cl)nnc(-c2sccc2Br)c1C. The van der Waals surface area contributed by atoms with Gasteiger partial charge in [-0.3, -0.25) is 0 Å². The molecule has 2 aromatic rings. The van der Waals surface area contributed by atoms with Crippen LogP contribution in [0.5, 0.6) is 0 Å². The van der Waals surface area contributed by atoms with Crippen LogP contribution in [-0.2, 0) is 0 Å². The maximum absolute atomic E-state index is 5.91. The summed E-state index contributed by atoms with van der Waals surface area (Å²) in [5, 5.41) is 10.6. The average molecular weight is 304 g/mol. The molecule has 5 heteroatoms. The molecule has 0 radical (unpaired) electrons. The molecule has 0 fully saturated rings. The molecule has 78 valence electrons. The van der Waals surface area contributed by atoms with E-state index in [0.717, 1.165) is 26.2 Å². The molecule has 0 amide bonds. The van der Waals surface area contributed by atoms with Crippen LogP contribution < -0.4 is 0 Å². The molecule has 0 bridgehead atoms. The Hall–Kier alpha value is -0.450. The molecule has 0 N–H and O–H groups in total. The van der Waals surface area contributed by atoms with E-state index >= 15 is 0 Å². The lowest BCUT2D eigenvalue weighted by Crippen LogP contribution is -1.95. The molecular weight excluding hydrogens is 296 g/mol. The topological polar surface area (TPSA) is 25.8 Å². The Morgan fingerprint density at radius 2 is 2.00 bits per heavy atom. The zero-order valence-electron chi connectivity index (χ0n) is 8.21. The first-order chi connectivity index (χ1) is 7.11. The molecular formula is C10H8BrClN2S. The number of aromatic nitrogens is 2. The maximum Gasteiger partial charge on any atom is 0.154 e. The molecule has 2 aromatic heterocycles. The van der Waals surface area contributed by atoms with E-state index in [1.165, 1.54) is 0 Å². The smallest absolute Gasteiger partial charge is 0.148 e. The monoisotopic (exact) mass is 302 g/mol. The quantitative estimate of drug-likeness (QED) is 0.787. The third-order valence-corrected chi connectivity index (χ3v) is 4.50. The lowest BCUT2D eigenvalue weighted by atomic mass is 10.1. The normalized spacial score (nSPS) is 10.7. The third kappa shape index (κ3) is 1.94. The molecule has 0 spiro atoms. The van der Waals surface area contributed by atoms with Crippen LogP contribution in [0.15, 0.2) is 15.9 Å². The maximum atomic E-state index is 5.91. The molecule has 2 nitrogen and oxygen atoms in total. The molecule has 0 saturated heterocycles. The van der Waals surface area contributed by atoms with Gasteiger partial charge in [-0.1, -0.05) is 11.6 Å². The number of thiophene rings is 1. The van der Waals surface area contributed by atoms with E-state index in [1.54, 1.807) is 11.3 Å². The lowest BCUT2D eigenvalue weighted by molar-refractivity contribution is 1.01. The second-order valence-corrected chi connectivity index (χ2v) is 5.32. The van der Waals surface area contributed by atoms with Crippen molar-refractivity contribution in [3.8, 4) is 10.6 Å². The Balaban J connectivity index is 2.65. The molecule has 0 atom stereocenters. The fourth-order valence-corrected chi connectivity index (χ4v) is 3.04. The predicted molar refractivity (Wildman–Crippen MR) is 67.5 cm³/mol. The number of rotatable bonds is 1. The van der Waals surface area contributed by atoms with E-state index in [2.05, 4.69) is 26.1 Å². The van der Waals surface area contributed by atoms with Crippen LogP contribution in [0, 0.1) is 13.8 Å². The van der Waals surface area contributed by atoms with Crippen molar-refractivity contribution in [1.29, 1.82) is 0 Å². The molecule has 0 aromatic carbocycles. The molecule has 0 unspecified atom stereocenters. The summed E-state index contributed by atoms with van der Waals surface area (Å²) in [6.07, 6.45) is 0. The second-order valence-electron chi connectivity index (χ2n) is 3.19. The highest BCUT2D eigenvalue weighted by Crippen LogP contribution is 2.35. The van der Waals surface area contributed by atoms with Gasteiger partial charge in [-0.15, -0.1) is 21.5 Å². The summed E-state index contributed by atoms with van der Waals surface area (Å²) in [5.74, 6) is 0. The molecule has 0 saturated carbocycles. The van der Waals surface area contributed by atoms with E-state index in [0.29, 0.717) is 5.15 Å². The van der Waals surface area contributed by atoms with Crippen molar-refractivity contribution >= 4 is 38.9 Å². The van der Waals surface area contributed by atoms with Crippen LogP contribution >= 0.6 is 38.9 Å². The first-order valence-electron chi connectivity index (χ1n) is 4.34. The van der Waals surface area contributed by atoms with Crippen LogP contribution in [0.1, 0.15) is 11.1 Å². The highest BCUT2D eigenvalue weighted by Gasteiger charge is 2.13. The summed E-state index contributed by atoms with van der Waals surface area (Å²) >= 11 is 11.0. The molecule has 15 heavy (non-hydrogen) atoms. The highest BCUT2D eigenvalue weighted by atomic mass is 79.9. The molecule has 0 aliphatic heterocycles. The van der Waals surface area contributed by atoms with Gasteiger partial charge in [0.25, 0.3) is 0 Å². The van der Waals surface area contributed by atoms with Crippen LogP contribution in [0.4, 0.5) is 0 Å². The Bertz CT molecular complexity index is 510. The van der Waals surface area contributed by atoms with Crippen molar-refractivity contribution in [1.82, 2.24) is 10.2 Å². The third-order valence-electron chi connectivity index (χ3n) is 2.30. The summed E-state index contributed by atoms with van der Waals surface area (Å²) < 4.78 is 1.05. The summed E-state index contributed by atoms with van der Waals surface area (Å²) in [5.41, 5.74) is 2.97. The van der Waals surface area contributed by atoms with Crippen LogP contribution in [0.25, 0.3) is 10.6 Å². The van der Waals surface area contributed by atoms with Gasteiger partial charge in [0.05, 0.1) is 4.88 Å². The first-order valence-corrected chi connectivity index (χ1v) is 6.39. The van der Waals surface area contributed by atoms with E-state index < -0.39 is 0 Å². The van der Waals surface area contributed by atoms with Gasteiger partial charge >= 0.3 is 0 Å². The first kappa shape index (κ1) is 11.0. The molecule has 0 aliphatic carbocycles. The number of nitrogens with zero attached hydrogens (tertiary/aromatic N) is 2. The van der Waals surface area contributed by atoms with Gasteiger partial charge in [-0.05, 0) is 52.4 Å². The minimum atomic E-state index is 0.476. The zero-order valence-corrected chi connectivity index (χ0v) is 11.4. The van der Waals surface area contributed by atoms with Gasteiger partial charge < -0.3 is 0 Å². The summed E-state index contributed by atoms with van der Waals surface area (Å²) in [6.45, 7) is 3.97. The van der Waals surface area contributed by atoms with Gasteiger partial charge in [0.15, 0.2) is 5.15 Å². The molecule has 2 rings (SSSR count). The highest BCUT2D eigenvalue weighted by molar-refractivity contribution is 9.10. The van der Waals surface area contributed by atoms with Crippen LogP contribution in [0.3, 0.4) is 0 Å². The van der Waals surface area contributed by atoms with E-state index in [1.807, 2.05) is 25.3 Å². The lowest BCUT2D eigenvalue weighted by Gasteiger charge is -2.06. The van der Waals surface area contributed by atoms with Gasteiger partial charge in [0, 0.05) is 4.47 Å². The fraction of sp³-hybridized carbons (Fsp3) is 0.200. The summed E-state index contributed by atoms with van der Waals surface area (Å²) in [7, 11) is 0. The zero-order chi connectivity index (χ0) is 11.0. The van der Waals surface area contributed by atoms with Gasteiger partial charge in [-0.25, -0.2) is 0 Å². The van der Waals surface area contributed by atoms with Crippen molar-refractivity contribution in [2.24, 2.45) is 0 Å². The minimum Gasteiger partial charge on any atom is -0.148 e. The Kier molecular flexibility index (Phi) is 3.09. The number of halogens is 2. The standard InChI is InChI=1S/C10H8BrClN2S/c1-5-6(2)10(12)14-13-8(5)9-7(11)3-4-15-9/h3-4H,1-2H3. The van der Waals surface area contributed by atoms with Crippen molar-refractivity contribution in [2.75, 3.05) is 0 Å². The van der Waals surface area contributed by atoms with E-state index in [9.17, 15) is 0 Å². The average Bonchev–Trinajstić information content (AvgIpc) is 2.62. The van der Waals surface area contributed by atoms with Crippen molar-refractivity contribution in [2.45, 2.75) is 13.8 Å². The van der Waals surface area contributed by atoms with Crippen LogP contribution in [-0.4, -0.2) is 10.2 Å². The number of hydrogen-bond donors (Lipinski definition) is 0. The molecule has 0 aliphatic rings. The second kappa shape index (κ2) is 4.20. The molecule has 2 heterocycles. The van der Waals surface area contributed by atoms with Gasteiger partial charge in [0.2, 0.25) is 0 Å². The van der Waals surface area contributed by atoms with Gasteiger partial charge in [-0.2, -0.15) is 0 Å². The largest absolute Gasteiger partial charge is 0.154 e. The number of hydrogen-bond acceptors (Lipinski definition) is 3.